The number of aryl methyl sites for hydroxylation is 1. The first-order valence-corrected chi connectivity index (χ1v) is 7.26. The van der Waals surface area contributed by atoms with Crippen molar-refractivity contribution in [1.82, 2.24) is 10.2 Å². The maximum Gasteiger partial charge on any atom is 0.236 e. The average Bonchev–Trinajstić information content (AvgIpc) is 3.20. The van der Waals surface area contributed by atoms with E-state index in [2.05, 4.69) is 43.4 Å². The van der Waals surface area contributed by atoms with E-state index in [0.717, 1.165) is 19.5 Å². The van der Waals surface area contributed by atoms with E-state index in [1.807, 2.05) is 4.90 Å². The second-order valence-corrected chi connectivity index (χ2v) is 5.33. The number of hydrogen-bond acceptors (Lipinski definition) is 2. The lowest BCUT2D eigenvalue weighted by Crippen LogP contribution is -2.39. The Bertz CT molecular complexity index is 427. The molecule has 3 nitrogen and oxygen atoms in total. The van der Waals surface area contributed by atoms with Crippen LogP contribution in [-0.4, -0.2) is 36.5 Å². The first kappa shape index (κ1) is 14.1. The van der Waals surface area contributed by atoms with E-state index in [1.165, 1.54) is 24.0 Å². The molecule has 1 amide bonds. The third kappa shape index (κ3) is 4.35. The summed E-state index contributed by atoms with van der Waals surface area (Å²) in [5.41, 5.74) is 2.62. The molecule has 0 radical (unpaired) electrons. The highest BCUT2D eigenvalue weighted by Gasteiger charge is 2.30. The summed E-state index contributed by atoms with van der Waals surface area (Å²) >= 11 is 0. The Labute approximate surface area is 116 Å². The molecule has 1 saturated carbocycles. The van der Waals surface area contributed by atoms with Crippen molar-refractivity contribution >= 4 is 5.91 Å². The molecule has 1 aliphatic rings. The van der Waals surface area contributed by atoms with Crippen LogP contribution in [0.25, 0.3) is 0 Å². The van der Waals surface area contributed by atoms with Crippen LogP contribution in [-0.2, 0) is 11.2 Å². The van der Waals surface area contributed by atoms with E-state index in [4.69, 9.17) is 0 Å². The van der Waals surface area contributed by atoms with Gasteiger partial charge in [0, 0.05) is 12.6 Å². The van der Waals surface area contributed by atoms with E-state index in [1.54, 1.807) is 0 Å². The molecule has 0 atom stereocenters. The van der Waals surface area contributed by atoms with Crippen LogP contribution in [0.4, 0.5) is 0 Å². The van der Waals surface area contributed by atoms with E-state index >= 15 is 0 Å². The minimum absolute atomic E-state index is 0.245. The van der Waals surface area contributed by atoms with E-state index in [0.29, 0.717) is 12.6 Å². The molecule has 1 aromatic carbocycles. The van der Waals surface area contributed by atoms with Crippen LogP contribution in [0.15, 0.2) is 24.3 Å². The summed E-state index contributed by atoms with van der Waals surface area (Å²) in [5.74, 6) is 0.245. The van der Waals surface area contributed by atoms with Crippen molar-refractivity contribution in [3.63, 3.8) is 0 Å². The largest absolute Gasteiger partial charge is 0.339 e. The third-order valence-electron chi connectivity index (χ3n) is 3.60. The number of carbonyl (C=O) groups is 1. The molecule has 0 heterocycles. The molecular formula is C16H24N2O. The number of nitrogens with zero attached hydrogens (tertiary/aromatic N) is 1. The van der Waals surface area contributed by atoms with Gasteiger partial charge < -0.3 is 10.2 Å². The number of rotatable bonds is 7. The second kappa shape index (κ2) is 6.71. The Kier molecular flexibility index (Phi) is 4.97. The highest BCUT2D eigenvalue weighted by molar-refractivity contribution is 5.78. The molecule has 2 rings (SSSR count). The molecule has 1 aromatic rings. The molecule has 0 aliphatic heterocycles. The fourth-order valence-electron chi connectivity index (χ4n) is 2.42. The number of nitrogens with one attached hydrogen (secondary N) is 1. The Hall–Kier alpha value is -1.35. The van der Waals surface area contributed by atoms with Gasteiger partial charge in [-0.1, -0.05) is 29.8 Å². The molecule has 104 valence electrons. The topological polar surface area (TPSA) is 32.3 Å². The Balaban J connectivity index is 1.67. The van der Waals surface area contributed by atoms with Crippen molar-refractivity contribution in [2.45, 2.75) is 39.2 Å². The fourth-order valence-corrected chi connectivity index (χ4v) is 2.42. The zero-order valence-electron chi connectivity index (χ0n) is 12.0. The molecule has 1 aliphatic carbocycles. The van der Waals surface area contributed by atoms with Gasteiger partial charge in [-0.05, 0) is 45.2 Å². The predicted molar refractivity (Wildman–Crippen MR) is 78.2 cm³/mol. The second-order valence-electron chi connectivity index (χ2n) is 5.33. The summed E-state index contributed by atoms with van der Waals surface area (Å²) in [4.78, 5) is 14.0. The van der Waals surface area contributed by atoms with Crippen LogP contribution in [0, 0.1) is 6.92 Å². The summed E-state index contributed by atoms with van der Waals surface area (Å²) in [6, 6.07) is 9.05. The first-order valence-electron chi connectivity index (χ1n) is 7.26. The number of hydrogen-bond donors (Lipinski definition) is 1. The van der Waals surface area contributed by atoms with Crippen LogP contribution >= 0.6 is 0 Å². The first-order chi connectivity index (χ1) is 9.20. The predicted octanol–water partition coefficient (Wildman–Crippen LogP) is 2.14. The smallest absolute Gasteiger partial charge is 0.236 e. The number of amides is 1. The van der Waals surface area contributed by atoms with Gasteiger partial charge in [-0.15, -0.1) is 0 Å². The van der Waals surface area contributed by atoms with Crippen LogP contribution in [0.1, 0.15) is 30.9 Å². The zero-order chi connectivity index (χ0) is 13.7. The van der Waals surface area contributed by atoms with Crippen molar-refractivity contribution in [2.75, 3.05) is 19.6 Å². The van der Waals surface area contributed by atoms with Crippen LogP contribution < -0.4 is 5.32 Å². The molecule has 3 heteroatoms. The highest BCUT2D eigenvalue weighted by Crippen LogP contribution is 2.26. The van der Waals surface area contributed by atoms with Gasteiger partial charge in [0.2, 0.25) is 5.91 Å². The Morgan fingerprint density at radius 3 is 2.84 bits per heavy atom. The van der Waals surface area contributed by atoms with Gasteiger partial charge in [-0.3, -0.25) is 4.79 Å². The van der Waals surface area contributed by atoms with Gasteiger partial charge in [-0.2, -0.15) is 0 Å². The lowest BCUT2D eigenvalue weighted by Gasteiger charge is -2.20. The summed E-state index contributed by atoms with van der Waals surface area (Å²) in [6.45, 7) is 6.33. The van der Waals surface area contributed by atoms with Crippen molar-refractivity contribution in [3.05, 3.63) is 35.4 Å². The van der Waals surface area contributed by atoms with Crippen molar-refractivity contribution in [3.8, 4) is 0 Å². The maximum absolute atomic E-state index is 12.0. The zero-order valence-corrected chi connectivity index (χ0v) is 12.0. The standard InChI is InChI=1S/C16H24N2O/c1-3-18(15-7-8-15)16(19)12-17-10-9-14-6-4-5-13(2)11-14/h4-6,11,15,17H,3,7-10,12H2,1-2H3. The van der Waals surface area contributed by atoms with Crippen molar-refractivity contribution in [2.24, 2.45) is 0 Å². The SMILES string of the molecule is CCN(C(=O)CNCCc1cccc(C)c1)C1CC1. The summed E-state index contributed by atoms with van der Waals surface area (Å²) in [5, 5.41) is 3.26. The van der Waals surface area contributed by atoms with E-state index in [-0.39, 0.29) is 5.91 Å². The maximum atomic E-state index is 12.0. The average molecular weight is 260 g/mol. The molecule has 0 bridgehead atoms. The van der Waals surface area contributed by atoms with Gasteiger partial charge in [0.15, 0.2) is 0 Å². The van der Waals surface area contributed by atoms with Gasteiger partial charge in [0.05, 0.1) is 6.54 Å². The number of carbonyl (C=O) groups excluding carboxylic acids is 1. The normalized spacial score (nSPS) is 14.4. The molecule has 0 aromatic heterocycles. The summed E-state index contributed by atoms with van der Waals surface area (Å²) < 4.78 is 0. The molecule has 1 fully saturated rings. The van der Waals surface area contributed by atoms with Crippen molar-refractivity contribution in [1.29, 1.82) is 0 Å². The van der Waals surface area contributed by atoms with Gasteiger partial charge >= 0.3 is 0 Å². The quantitative estimate of drug-likeness (QED) is 0.762. The summed E-state index contributed by atoms with van der Waals surface area (Å²) in [6.07, 6.45) is 3.34. The fraction of sp³-hybridized carbons (Fsp3) is 0.562. The van der Waals surface area contributed by atoms with Gasteiger partial charge in [0.1, 0.15) is 0 Å². The molecular weight excluding hydrogens is 236 g/mol. The monoisotopic (exact) mass is 260 g/mol. The van der Waals surface area contributed by atoms with Gasteiger partial charge in [-0.25, -0.2) is 0 Å². The minimum atomic E-state index is 0.245. The van der Waals surface area contributed by atoms with Crippen LogP contribution in [0.5, 0.6) is 0 Å². The van der Waals surface area contributed by atoms with Gasteiger partial charge in [0.25, 0.3) is 0 Å². The van der Waals surface area contributed by atoms with E-state index < -0.39 is 0 Å². The molecule has 0 unspecified atom stereocenters. The minimum Gasteiger partial charge on any atom is -0.339 e. The van der Waals surface area contributed by atoms with E-state index in [9.17, 15) is 4.79 Å². The lowest BCUT2D eigenvalue weighted by molar-refractivity contribution is -0.130. The number of likely N-dealkylation sites (N-methyl/N-ethyl adjacent to an activating group) is 1. The molecule has 0 saturated heterocycles. The highest BCUT2D eigenvalue weighted by atomic mass is 16.2. The third-order valence-corrected chi connectivity index (χ3v) is 3.60. The van der Waals surface area contributed by atoms with Crippen molar-refractivity contribution < 1.29 is 4.79 Å². The molecule has 1 N–H and O–H groups in total. The summed E-state index contributed by atoms with van der Waals surface area (Å²) in [7, 11) is 0. The van der Waals surface area contributed by atoms with Crippen LogP contribution in [0.3, 0.4) is 0 Å². The number of benzene rings is 1. The van der Waals surface area contributed by atoms with Crippen LogP contribution in [0.2, 0.25) is 0 Å². The molecule has 19 heavy (non-hydrogen) atoms. The Morgan fingerprint density at radius 2 is 2.21 bits per heavy atom. The lowest BCUT2D eigenvalue weighted by atomic mass is 10.1. The Morgan fingerprint density at radius 1 is 1.42 bits per heavy atom. The molecule has 0 spiro atoms.